The molecule has 3 aliphatic rings. The van der Waals surface area contributed by atoms with Crippen LogP contribution < -0.4 is 0 Å². The highest BCUT2D eigenvalue weighted by atomic mass is 16.8. The maximum Gasteiger partial charge on any atom is 0.187 e. The summed E-state index contributed by atoms with van der Waals surface area (Å²) in [5.74, 6) is 0. The molecule has 59 heavy (non-hydrogen) atoms. The summed E-state index contributed by atoms with van der Waals surface area (Å²) < 4.78 is 65.4. The van der Waals surface area contributed by atoms with E-state index >= 15 is 0 Å². The summed E-state index contributed by atoms with van der Waals surface area (Å²) in [5, 5.41) is 11.9. The number of aliphatic hydroxyl groups is 1. The zero-order valence-electron chi connectivity index (χ0n) is 33.1. The summed E-state index contributed by atoms with van der Waals surface area (Å²) in [4.78, 5) is 0. The molecule has 1 unspecified atom stereocenters. The molecule has 0 saturated carbocycles. The molecule has 310 valence electrons. The summed E-state index contributed by atoms with van der Waals surface area (Å²) in [6.07, 6.45) is -9.43. The van der Waals surface area contributed by atoms with Crippen molar-refractivity contribution in [3.63, 3.8) is 0 Å². The average Bonchev–Trinajstić information content (AvgIpc) is 3.29. The van der Waals surface area contributed by atoms with E-state index in [0.29, 0.717) is 13.2 Å². The molecule has 11 heteroatoms. The number of hydrogen-bond acceptors (Lipinski definition) is 11. The fourth-order valence-corrected chi connectivity index (χ4v) is 7.70. The van der Waals surface area contributed by atoms with Crippen molar-refractivity contribution in [2.75, 3.05) is 20.3 Å². The summed E-state index contributed by atoms with van der Waals surface area (Å²) in [5.41, 5.74) is 4.77. The molecule has 3 aliphatic heterocycles. The topological polar surface area (TPSA) is 113 Å². The molecule has 0 spiro atoms. The van der Waals surface area contributed by atoms with Gasteiger partial charge in [-0.05, 0) is 22.3 Å². The van der Waals surface area contributed by atoms with Gasteiger partial charge >= 0.3 is 0 Å². The van der Waals surface area contributed by atoms with Crippen LogP contribution in [0.15, 0.2) is 152 Å². The molecule has 0 radical (unpaired) electrons. The Bertz CT molecular complexity index is 1940. The molecule has 3 fully saturated rings. The molecule has 3 heterocycles. The largest absolute Gasteiger partial charge is 0.385 e. The van der Waals surface area contributed by atoms with Gasteiger partial charge < -0.3 is 52.5 Å². The molecule has 5 aromatic carbocycles. The minimum absolute atomic E-state index is 0.147. The van der Waals surface area contributed by atoms with Gasteiger partial charge in [0.05, 0.1) is 39.6 Å². The van der Waals surface area contributed by atoms with Gasteiger partial charge in [0.2, 0.25) is 0 Å². The lowest BCUT2D eigenvalue weighted by Crippen LogP contribution is -2.67. The van der Waals surface area contributed by atoms with Crippen molar-refractivity contribution in [1.82, 2.24) is 0 Å². The van der Waals surface area contributed by atoms with Crippen molar-refractivity contribution >= 4 is 0 Å². The van der Waals surface area contributed by atoms with Crippen LogP contribution in [0.3, 0.4) is 0 Å². The number of fused-ring (bicyclic) bond motifs is 1. The van der Waals surface area contributed by atoms with Gasteiger partial charge in [-0.1, -0.05) is 152 Å². The predicted molar refractivity (Wildman–Crippen MR) is 216 cm³/mol. The number of benzene rings is 5. The van der Waals surface area contributed by atoms with Crippen molar-refractivity contribution in [1.29, 1.82) is 0 Å². The Balaban J connectivity index is 1.14. The van der Waals surface area contributed by atoms with E-state index in [2.05, 4.69) is 0 Å². The molecule has 0 amide bonds. The second-order valence-corrected chi connectivity index (χ2v) is 14.9. The third kappa shape index (κ3) is 10.7. The minimum atomic E-state index is -1.27. The minimum Gasteiger partial charge on any atom is -0.385 e. The van der Waals surface area contributed by atoms with E-state index in [0.717, 1.165) is 27.8 Å². The van der Waals surface area contributed by atoms with Gasteiger partial charge in [0.15, 0.2) is 18.9 Å². The lowest BCUT2D eigenvalue weighted by molar-refractivity contribution is -0.396. The van der Waals surface area contributed by atoms with Crippen LogP contribution >= 0.6 is 0 Å². The van der Waals surface area contributed by atoms with E-state index in [4.69, 9.17) is 47.4 Å². The molecule has 0 aliphatic carbocycles. The fraction of sp³-hybridized carbons (Fsp3) is 0.375. The van der Waals surface area contributed by atoms with Crippen LogP contribution in [0.25, 0.3) is 0 Å². The van der Waals surface area contributed by atoms with E-state index in [1.807, 2.05) is 152 Å². The van der Waals surface area contributed by atoms with Gasteiger partial charge in [0, 0.05) is 12.7 Å². The molecule has 0 bridgehead atoms. The van der Waals surface area contributed by atoms with Crippen LogP contribution in [0.2, 0.25) is 0 Å². The van der Waals surface area contributed by atoms with E-state index in [1.165, 1.54) is 7.11 Å². The molecular formula is C48H52O11. The number of aliphatic hydroxyl groups excluding tert-OH is 1. The molecule has 5 aromatic rings. The monoisotopic (exact) mass is 804 g/mol. The highest BCUT2D eigenvalue weighted by Crippen LogP contribution is 2.39. The Morgan fingerprint density at radius 2 is 1.02 bits per heavy atom. The number of ether oxygens (including phenoxy) is 10. The first-order valence-corrected chi connectivity index (χ1v) is 20.2. The number of methoxy groups -OCH3 is 1. The zero-order valence-corrected chi connectivity index (χ0v) is 33.1. The fourth-order valence-electron chi connectivity index (χ4n) is 7.70. The van der Waals surface area contributed by atoms with Crippen LogP contribution in [0.4, 0.5) is 0 Å². The smallest absolute Gasteiger partial charge is 0.187 e. The van der Waals surface area contributed by atoms with Gasteiger partial charge in [0.25, 0.3) is 0 Å². The van der Waals surface area contributed by atoms with E-state index in [9.17, 15) is 5.11 Å². The highest BCUT2D eigenvalue weighted by Gasteiger charge is 2.55. The molecule has 3 saturated heterocycles. The van der Waals surface area contributed by atoms with Crippen molar-refractivity contribution in [3.8, 4) is 0 Å². The normalized spacial score (nSPS) is 29.4. The first-order chi connectivity index (χ1) is 29.1. The Kier molecular flexibility index (Phi) is 14.6. The van der Waals surface area contributed by atoms with Crippen LogP contribution in [0.1, 0.15) is 34.1 Å². The average molecular weight is 805 g/mol. The highest BCUT2D eigenvalue weighted by molar-refractivity contribution is 5.18. The Morgan fingerprint density at radius 1 is 0.525 bits per heavy atom. The Labute approximate surface area is 345 Å². The van der Waals surface area contributed by atoms with Crippen molar-refractivity contribution in [3.05, 3.63) is 179 Å². The SMILES string of the molecule is CO[C@H]1O[C@@H]2COC(c3ccccc3)O[C@H]2[C@@H](O[C@H]2O[C@H](COCc3ccccc3)[C@@H](OCc3ccccc3)[C@H](OCc3ccccc3)[C@@H]2OCc2ccccc2)[C@@H]1O. The summed E-state index contributed by atoms with van der Waals surface area (Å²) in [6.45, 7) is 1.47. The molecule has 0 aromatic heterocycles. The zero-order chi connectivity index (χ0) is 40.2. The van der Waals surface area contributed by atoms with Gasteiger partial charge in [-0.15, -0.1) is 0 Å². The second-order valence-electron chi connectivity index (χ2n) is 14.9. The first-order valence-electron chi connectivity index (χ1n) is 20.2. The van der Waals surface area contributed by atoms with Crippen LogP contribution in [-0.2, 0) is 73.8 Å². The summed E-state index contributed by atoms with van der Waals surface area (Å²) in [6, 6.07) is 49.4. The molecular weight excluding hydrogens is 753 g/mol. The van der Waals surface area contributed by atoms with E-state index < -0.39 is 67.7 Å². The standard InChI is InChI=1S/C48H52O11/c1-50-47-40(49)43(42-39(56-47)32-55-46(58-42)37-25-15-6-16-26-37)59-48-45(54-30-36-23-13-5-14-24-36)44(53-29-35-21-11-4-12-22-35)41(52-28-34-19-9-3-10-20-34)38(57-48)31-51-27-33-17-7-2-8-18-33/h2-26,38-49H,27-32H2,1H3/t38-,39-,40+,41-,42-,43+,44+,45+,46?,47+,48-/m1/s1. The summed E-state index contributed by atoms with van der Waals surface area (Å²) in [7, 11) is 1.48. The van der Waals surface area contributed by atoms with Crippen molar-refractivity contribution in [2.45, 2.75) is 94.1 Å². The maximum absolute atomic E-state index is 11.9. The third-order valence-electron chi connectivity index (χ3n) is 10.7. The lowest BCUT2D eigenvalue weighted by atomic mass is 9.95. The van der Waals surface area contributed by atoms with Crippen LogP contribution in [0.5, 0.6) is 0 Å². The first kappa shape index (κ1) is 41.4. The van der Waals surface area contributed by atoms with Crippen molar-refractivity contribution in [2.24, 2.45) is 0 Å². The maximum atomic E-state index is 11.9. The van der Waals surface area contributed by atoms with Crippen LogP contribution in [0, 0.1) is 0 Å². The quantitative estimate of drug-likeness (QED) is 0.106. The third-order valence-corrected chi connectivity index (χ3v) is 10.7. The van der Waals surface area contributed by atoms with Gasteiger partial charge in [0.1, 0.15) is 48.8 Å². The Hall–Kier alpha value is -4.34. The van der Waals surface area contributed by atoms with Gasteiger partial charge in [-0.3, -0.25) is 0 Å². The molecule has 1 N–H and O–H groups in total. The Morgan fingerprint density at radius 3 is 1.56 bits per heavy atom. The molecule has 8 rings (SSSR count). The molecule has 11 atom stereocenters. The van der Waals surface area contributed by atoms with Crippen molar-refractivity contribution < 1.29 is 52.5 Å². The van der Waals surface area contributed by atoms with E-state index in [-0.39, 0.29) is 26.4 Å². The summed E-state index contributed by atoms with van der Waals surface area (Å²) >= 11 is 0. The number of hydrogen-bond donors (Lipinski definition) is 1. The van der Waals surface area contributed by atoms with Gasteiger partial charge in [-0.25, -0.2) is 0 Å². The lowest BCUT2D eigenvalue weighted by Gasteiger charge is -2.51. The molecule has 11 nitrogen and oxygen atoms in total. The van der Waals surface area contributed by atoms with Gasteiger partial charge in [-0.2, -0.15) is 0 Å². The number of rotatable bonds is 17. The second kappa shape index (κ2) is 20.8. The van der Waals surface area contributed by atoms with E-state index in [1.54, 1.807) is 0 Å². The predicted octanol–water partition coefficient (Wildman–Crippen LogP) is 6.92. The van der Waals surface area contributed by atoms with Crippen LogP contribution in [-0.4, -0.2) is 86.8 Å².